The topological polar surface area (TPSA) is 100 Å². The summed E-state index contributed by atoms with van der Waals surface area (Å²) in [6, 6.07) is 7.19. The summed E-state index contributed by atoms with van der Waals surface area (Å²) in [5, 5.41) is 12.5. The summed E-state index contributed by atoms with van der Waals surface area (Å²) >= 11 is 0. The Morgan fingerprint density at radius 1 is 1.32 bits per heavy atom. The molecular weight excluding hydrogens is 356 g/mol. The summed E-state index contributed by atoms with van der Waals surface area (Å²) in [6.07, 6.45) is 2.25. The first kappa shape index (κ1) is 19.8. The number of aryl methyl sites for hydroxylation is 2. The molecule has 3 aromatic rings. The zero-order valence-corrected chi connectivity index (χ0v) is 16.6. The molecule has 1 atom stereocenters. The van der Waals surface area contributed by atoms with Crippen LogP contribution >= 0.6 is 0 Å². The molecule has 3 rings (SSSR count). The first-order valence-electron chi connectivity index (χ1n) is 9.37. The fourth-order valence-corrected chi connectivity index (χ4v) is 3.32. The second-order valence-electron chi connectivity index (χ2n) is 7.62. The lowest BCUT2D eigenvalue weighted by Crippen LogP contribution is -2.37. The van der Waals surface area contributed by atoms with Gasteiger partial charge >= 0.3 is 5.97 Å². The lowest BCUT2D eigenvalue weighted by Gasteiger charge is -2.16. The smallest absolute Gasteiger partial charge is 0.320 e. The standard InChI is InChI=1S/C21H26N4O3/c1-12(2)7-17(21(27)28)22-10-14-5-6-18-16(9-14)24-19(25(18)4)15-8-13(3)20(26)23-11-15/h5-6,8-9,11-12,17,22H,7,10H2,1-4H3,(H,23,26)(H,27,28). The van der Waals surface area contributed by atoms with Gasteiger partial charge in [-0.05, 0) is 43.0 Å². The molecule has 0 radical (unpaired) electrons. The second-order valence-corrected chi connectivity index (χ2v) is 7.62. The van der Waals surface area contributed by atoms with Crippen LogP contribution in [-0.2, 0) is 18.4 Å². The predicted octanol–water partition coefficient (Wildman–Crippen LogP) is 2.83. The van der Waals surface area contributed by atoms with Crippen molar-refractivity contribution in [2.24, 2.45) is 13.0 Å². The van der Waals surface area contributed by atoms with E-state index in [0.29, 0.717) is 24.4 Å². The van der Waals surface area contributed by atoms with Crippen LogP contribution < -0.4 is 10.9 Å². The summed E-state index contributed by atoms with van der Waals surface area (Å²) in [5.41, 5.74) is 4.16. The van der Waals surface area contributed by atoms with Gasteiger partial charge in [0.05, 0.1) is 11.0 Å². The number of fused-ring (bicyclic) bond motifs is 1. The van der Waals surface area contributed by atoms with Crippen LogP contribution in [0.25, 0.3) is 22.4 Å². The molecule has 0 amide bonds. The third kappa shape index (κ3) is 4.14. The van der Waals surface area contributed by atoms with Gasteiger partial charge in [-0.25, -0.2) is 4.98 Å². The van der Waals surface area contributed by atoms with E-state index in [0.717, 1.165) is 28.0 Å². The van der Waals surface area contributed by atoms with Gasteiger partial charge in [0.25, 0.3) is 5.56 Å². The molecule has 1 aromatic carbocycles. The number of benzene rings is 1. The van der Waals surface area contributed by atoms with Crippen LogP contribution in [0.3, 0.4) is 0 Å². The highest BCUT2D eigenvalue weighted by atomic mass is 16.4. The monoisotopic (exact) mass is 382 g/mol. The van der Waals surface area contributed by atoms with Crippen LogP contribution in [0.5, 0.6) is 0 Å². The molecule has 0 saturated heterocycles. The Bertz CT molecular complexity index is 1070. The highest BCUT2D eigenvalue weighted by molar-refractivity contribution is 5.81. The molecule has 1 unspecified atom stereocenters. The Hall–Kier alpha value is -2.93. The Morgan fingerprint density at radius 2 is 2.07 bits per heavy atom. The average Bonchev–Trinajstić information content (AvgIpc) is 2.96. The predicted molar refractivity (Wildman–Crippen MR) is 109 cm³/mol. The number of nitrogens with zero attached hydrogens (tertiary/aromatic N) is 2. The normalized spacial score (nSPS) is 12.6. The Morgan fingerprint density at radius 3 is 2.71 bits per heavy atom. The van der Waals surface area contributed by atoms with Crippen molar-refractivity contribution >= 4 is 17.0 Å². The molecule has 0 saturated carbocycles. The van der Waals surface area contributed by atoms with Crippen molar-refractivity contribution in [3.8, 4) is 11.4 Å². The number of hydrogen-bond donors (Lipinski definition) is 3. The number of carbonyl (C=O) groups is 1. The number of nitrogens with one attached hydrogen (secondary N) is 2. The molecule has 2 heterocycles. The minimum Gasteiger partial charge on any atom is -0.480 e. The number of carboxylic acid groups (broad SMARTS) is 1. The molecule has 3 N–H and O–H groups in total. The van der Waals surface area contributed by atoms with E-state index in [9.17, 15) is 14.7 Å². The van der Waals surface area contributed by atoms with Crippen molar-refractivity contribution in [1.82, 2.24) is 19.9 Å². The fourth-order valence-electron chi connectivity index (χ4n) is 3.32. The largest absolute Gasteiger partial charge is 0.480 e. The van der Waals surface area contributed by atoms with Gasteiger partial charge in [-0.15, -0.1) is 0 Å². The van der Waals surface area contributed by atoms with Crippen molar-refractivity contribution in [1.29, 1.82) is 0 Å². The van der Waals surface area contributed by atoms with Gasteiger partial charge in [0.15, 0.2) is 0 Å². The minimum absolute atomic E-state index is 0.106. The summed E-state index contributed by atoms with van der Waals surface area (Å²) in [5.74, 6) is 0.237. The van der Waals surface area contributed by atoms with Gasteiger partial charge < -0.3 is 20.0 Å². The number of H-pyrrole nitrogens is 1. The summed E-state index contributed by atoms with van der Waals surface area (Å²) < 4.78 is 1.98. The molecule has 0 aliphatic heterocycles. The highest BCUT2D eigenvalue weighted by Crippen LogP contribution is 2.24. The first-order valence-corrected chi connectivity index (χ1v) is 9.37. The van der Waals surface area contributed by atoms with Crippen LogP contribution in [0.15, 0.2) is 35.3 Å². The summed E-state index contributed by atoms with van der Waals surface area (Å²) in [7, 11) is 1.94. The lowest BCUT2D eigenvalue weighted by atomic mass is 10.0. The van der Waals surface area contributed by atoms with E-state index in [1.807, 2.05) is 49.7 Å². The average molecular weight is 382 g/mol. The van der Waals surface area contributed by atoms with Crippen molar-refractivity contribution in [2.45, 2.75) is 39.8 Å². The molecule has 0 aliphatic rings. The number of imidazole rings is 1. The fraction of sp³-hybridized carbons (Fsp3) is 0.381. The molecule has 2 aromatic heterocycles. The summed E-state index contributed by atoms with van der Waals surface area (Å²) in [6.45, 7) is 6.25. The van der Waals surface area contributed by atoms with E-state index in [1.54, 1.807) is 13.1 Å². The van der Waals surface area contributed by atoms with Gasteiger partial charge in [0.1, 0.15) is 11.9 Å². The van der Waals surface area contributed by atoms with Crippen molar-refractivity contribution in [2.75, 3.05) is 0 Å². The molecule has 148 valence electrons. The lowest BCUT2D eigenvalue weighted by molar-refractivity contribution is -0.140. The zero-order chi connectivity index (χ0) is 20.4. The van der Waals surface area contributed by atoms with Gasteiger partial charge in [-0.2, -0.15) is 0 Å². The van der Waals surface area contributed by atoms with Crippen molar-refractivity contribution < 1.29 is 9.90 Å². The van der Waals surface area contributed by atoms with Crippen LogP contribution in [0, 0.1) is 12.8 Å². The molecule has 0 aliphatic carbocycles. The number of aromatic nitrogens is 3. The van der Waals surface area contributed by atoms with Crippen LogP contribution in [0.1, 0.15) is 31.4 Å². The number of aromatic amines is 1. The second kappa shape index (κ2) is 7.98. The molecule has 0 spiro atoms. The molecule has 28 heavy (non-hydrogen) atoms. The van der Waals surface area contributed by atoms with Crippen LogP contribution in [0.4, 0.5) is 0 Å². The van der Waals surface area contributed by atoms with E-state index < -0.39 is 12.0 Å². The maximum absolute atomic E-state index is 11.6. The van der Waals surface area contributed by atoms with Crippen molar-refractivity contribution in [3.63, 3.8) is 0 Å². The molecular formula is C21H26N4O3. The van der Waals surface area contributed by atoms with Gasteiger partial charge in [0, 0.05) is 30.9 Å². The van der Waals surface area contributed by atoms with E-state index in [2.05, 4.69) is 10.3 Å². The number of carboxylic acids is 1. The third-order valence-corrected chi connectivity index (χ3v) is 4.85. The zero-order valence-electron chi connectivity index (χ0n) is 16.6. The quantitative estimate of drug-likeness (QED) is 0.583. The van der Waals surface area contributed by atoms with Gasteiger partial charge in [-0.3, -0.25) is 9.59 Å². The Balaban J connectivity index is 1.86. The van der Waals surface area contributed by atoms with E-state index in [1.165, 1.54) is 0 Å². The van der Waals surface area contributed by atoms with Crippen LogP contribution in [-0.4, -0.2) is 31.7 Å². The first-order chi connectivity index (χ1) is 13.3. The molecule has 7 heteroatoms. The number of hydrogen-bond acceptors (Lipinski definition) is 4. The summed E-state index contributed by atoms with van der Waals surface area (Å²) in [4.78, 5) is 30.5. The minimum atomic E-state index is -0.830. The van der Waals surface area contributed by atoms with E-state index >= 15 is 0 Å². The van der Waals surface area contributed by atoms with Gasteiger partial charge in [-0.1, -0.05) is 19.9 Å². The van der Waals surface area contributed by atoms with Crippen molar-refractivity contribution in [3.05, 3.63) is 51.9 Å². The van der Waals surface area contributed by atoms with Gasteiger partial charge in [0.2, 0.25) is 0 Å². The maximum atomic E-state index is 11.6. The van der Waals surface area contributed by atoms with Crippen LogP contribution in [0.2, 0.25) is 0 Å². The number of pyridine rings is 1. The Kier molecular flexibility index (Phi) is 5.65. The SMILES string of the molecule is Cc1cc(-c2nc3cc(CNC(CC(C)C)C(=O)O)ccc3n2C)c[nH]c1=O. The molecule has 0 bridgehead atoms. The highest BCUT2D eigenvalue weighted by Gasteiger charge is 2.18. The molecule has 0 fully saturated rings. The number of aliphatic carboxylic acids is 1. The maximum Gasteiger partial charge on any atom is 0.320 e. The van der Waals surface area contributed by atoms with E-state index in [-0.39, 0.29) is 5.56 Å². The third-order valence-electron chi connectivity index (χ3n) is 4.85. The number of rotatable bonds is 7. The molecule has 7 nitrogen and oxygen atoms in total. The van der Waals surface area contributed by atoms with E-state index in [4.69, 9.17) is 4.98 Å². The Labute approximate surface area is 163 Å².